The van der Waals surface area contributed by atoms with Crippen molar-refractivity contribution < 1.29 is 4.79 Å². The fourth-order valence-corrected chi connectivity index (χ4v) is 3.06. The molecule has 0 aromatic carbocycles. The maximum Gasteiger partial charge on any atom is 0.202 e. The van der Waals surface area contributed by atoms with Crippen LogP contribution in [0.15, 0.2) is 12.2 Å². The van der Waals surface area contributed by atoms with Crippen molar-refractivity contribution in [3.8, 4) is 0 Å². The van der Waals surface area contributed by atoms with Crippen molar-refractivity contribution in [2.75, 3.05) is 0 Å². The van der Waals surface area contributed by atoms with Crippen LogP contribution in [0.2, 0.25) is 0 Å². The lowest BCUT2D eigenvalue weighted by Crippen LogP contribution is -1.83. The molecular formula is C22H41O. The summed E-state index contributed by atoms with van der Waals surface area (Å²) >= 11 is 0. The summed E-state index contributed by atoms with van der Waals surface area (Å²) in [7, 11) is 0. The van der Waals surface area contributed by atoms with Crippen molar-refractivity contribution in [1.29, 1.82) is 0 Å². The Morgan fingerprint density at radius 2 is 0.957 bits per heavy atom. The molecule has 0 aromatic rings. The minimum Gasteiger partial charge on any atom is -0.291 e. The largest absolute Gasteiger partial charge is 0.291 e. The van der Waals surface area contributed by atoms with E-state index in [4.69, 9.17) is 0 Å². The minimum atomic E-state index is 0.457. The van der Waals surface area contributed by atoms with Gasteiger partial charge in [-0.05, 0) is 12.8 Å². The molecule has 23 heavy (non-hydrogen) atoms. The third kappa shape index (κ3) is 21.4. The van der Waals surface area contributed by atoms with Gasteiger partial charge in [0.1, 0.15) is 0 Å². The Morgan fingerprint density at radius 1 is 0.565 bits per heavy atom. The highest BCUT2D eigenvalue weighted by atomic mass is 16.1. The third-order valence-corrected chi connectivity index (χ3v) is 4.59. The second-order valence-electron chi connectivity index (χ2n) is 6.91. The molecule has 0 spiro atoms. The summed E-state index contributed by atoms with van der Waals surface area (Å²) in [6.45, 7) is 2.29. The van der Waals surface area contributed by atoms with E-state index in [0.717, 1.165) is 6.42 Å². The van der Waals surface area contributed by atoms with E-state index in [2.05, 4.69) is 13.0 Å². The number of allylic oxidation sites excluding steroid dienone is 2. The molecule has 0 amide bonds. The third-order valence-electron chi connectivity index (χ3n) is 4.59. The predicted octanol–water partition coefficient (Wildman–Crippen LogP) is 7.69. The fraction of sp³-hybridized carbons (Fsp3) is 0.864. The molecular weight excluding hydrogens is 280 g/mol. The molecule has 0 aliphatic carbocycles. The van der Waals surface area contributed by atoms with Gasteiger partial charge in [0, 0.05) is 6.42 Å². The molecule has 0 aliphatic heterocycles. The van der Waals surface area contributed by atoms with E-state index in [9.17, 15) is 4.79 Å². The molecule has 1 nitrogen and oxygen atoms in total. The van der Waals surface area contributed by atoms with Crippen LogP contribution in [0, 0.1) is 0 Å². The van der Waals surface area contributed by atoms with Gasteiger partial charge in [0.2, 0.25) is 6.29 Å². The topological polar surface area (TPSA) is 17.1 Å². The molecule has 0 bridgehead atoms. The van der Waals surface area contributed by atoms with E-state index in [-0.39, 0.29) is 0 Å². The maximum absolute atomic E-state index is 10.0. The Hall–Kier alpha value is -0.590. The molecule has 0 saturated heterocycles. The Kier molecular flexibility index (Phi) is 20.9. The van der Waals surface area contributed by atoms with E-state index in [1.807, 2.05) is 12.4 Å². The van der Waals surface area contributed by atoms with Gasteiger partial charge in [0.05, 0.1) is 0 Å². The van der Waals surface area contributed by atoms with Gasteiger partial charge >= 0.3 is 0 Å². The van der Waals surface area contributed by atoms with Crippen molar-refractivity contribution in [3.63, 3.8) is 0 Å². The molecule has 0 N–H and O–H groups in total. The summed E-state index contributed by atoms with van der Waals surface area (Å²) in [5.41, 5.74) is 0. The lowest BCUT2D eigenvalue weighted by Gasteiger charge is -2.03. The molecule has 0 aliphatic rings. The first kappa shape index (κ1) is 22.4. The second-order valence-corrected chi connectivity index (χ2v) is 6.91. The summed E-state index contributed by atoms with van der Waals surface area (Å²) in [4.78, 5) is 10.0. The average molecular weight is 322 g/mol. The van der Waals surface area contributed by atoms with Crippen LogP contribution < -0.4 is 0 Å². The Balaban J connectivity index is 2.98. The molecule has 1 radical (unpaired) electrons. The van der Waals surface area contributed by atoms with Crippen LogP contribution in [0.4, 0.5) is 0 Å². The molecule has 0 aromatic heterocycles. The van der Waals surface area contributed by atoms with Gasteiger partial charge in [0.25, 0.3) is 0 Å². The zero-order valence-corrected chi connectivity index (χ0v) is 15.8. The van der Waals surface area contributed by atoms with Crippen molar-refractivity contribution in [2.45, 2.75) is 122 Å². The van der Waals surface area contributed by atoms with Gasteiger partial charge in [-0.25, -0.2) is 0 Å². The first-order valence-electron chi connectivity index (χ1n) is 10.4. The van der Waals surface area contributed by atoms with E-state index < -0.39 is 0 Å². The first-order chi connectivity index (χ1) is 11.4. The first-order valence-corrected chi connectivity index (χ1v) is 10.4. The lowest BCUT2D eigenvalue weighted by atomic mass is 10.0. The summed E-state index contributed by atoms with van der Waals surface area (Å²) in [6.07, 6.45) is 30.2. The lowest BCUT2D eigenvalue weighted by molar-refractivity contribution is 0.530. The molecule has 0 unspecified atom stereocenters. The van der Waals surface area contributed by atoms with Crippen LogP contribution in [0.5, 0.6) is 0 Å². The second kappa shape index (κ2) is 21.4. The van der Waals surface area contributed by atoms with Gasteiger partial charge in [-0.2, -0.15) is 0 Å². The van der Waals surface area contributed by atoms with Crippen LogP contribution in [-0.4, -0.2) is 6.29 Å². The summed E-state index contributed by atoms with van der Waals surface area (Å²) in [5, 5.41) is 0. The highest BCUT2D eigenvalue weighted by Gasteiger charge is 1.94. The van der Waals surface area contributed by atoms with E-state index >= 15 is 0 Å². The van der Waals surface area contributed by atoms with Crippen LogP contribution in [0.3, 0.4) is 0 Å². The van der Waals surface area contributed by atoms with Gasteiger partial charge in [-0.15, -0.1) is 0 Å². The maximum atomic E-state index is 10.0. The smallest absolute Gasteiger partial charge is 0.202 e. The van der Waals surface area contributed by atoms with Crippen molar-refractivity contribution in [3.05, 3.63) is 12.2 Å². The number of hydrogen-bond acceptors (Lipinski definition) is 1. The number of carbonyl (C=O) groups excluding carboxylic acids is 1. The molecule has 135 valence electrons. The standard InChI is InChI=1S/C22H41O/c1-2-3-4-5-6-7-8-9-10-11-12-13-14-15-16-17-18-19-20-21-22-23/h19-20H,2-18,21H2,1H3. The van der Waals surface area contributed by atoms with Gasteiger partial charge < -0.3 is 0 Å². The zero-order chi connectivity index (χ0) is 16.8. The normalized spacial score (nSPS) is 11.3. The molecule has 0 heterocycles. The zero-order valence-electron chi connectivity index (χ0n) is 15.8. The molecule has 0 fully saturated rings. The SMILES string of the molecule is CCCCCCCCCCCCCCCCCCC=CC[C]=O. The summed E-state index contributed by atoms with van der Waals surface area (Å²) in [6, 6.07) is 0. The molecule has 0 atom stereocenters. The summed E-state index contributed by atoms with van der Waals surface area (Å²) < 4.78 is 0. The van der Waals surface area contributed by atoms with E-state index in [0.29, 0.717) is 6.42 Å². The van der Waals surface area contributed by atoms with Crippen LogP contribution in [0.1, 0.15) is 122 Å². The fourth-order valence-electron chi connectivity index (χ4n) is 3.06. The Labute approximate surface area is 146 Å². The van der Waals surface area contributed by atoms with Crippen LogP contribution in [0.25, 0.3) is 0 Å². The number of hydrogen-bond donors (Lipinski definition) is 0. The molecule has 0 rings (SSSR count). The quantitative estimate of drug-likeness (QED) is 0.176. The number of unbranched alkanes of at least 4 members (excludes halogenated alkanes) is 16. The van der Waals surface area contributed by atoms with Gasteiger partial charge in [-0.1, -0.05) is 115 Å². The average Bonchev–Trinajstić information content (AvgIpc) is 2.57. The Morgan fingerprint density at radius 3 is 1.35 bits per heavy atom. The van der Waals surface area contributed by atoms with E-state index in [1.54, 1.807) is 0 Å². The minimum absolute atomic E-state index is 0.457. The van der Waals surface area contributed by atoms with Crippen LogP contribution >= 0.6 is 0 Å². The number of rotatable bonds is 19. The van der Waals surface area contributed by atoms with Gasteiger partial charge in [-0.3, -0.25) is 4.79 Å². The monoisotopic (exact) mass is 321 g/mol. The summed E-state index contributed by atoms with van der Waals surface area (Å²) in [5.74, 6) is 0. The van der Waals surface area contributed by atoms with Crippen molar-refractivity contribution in [1.82, 2.24) is 0 Å². The van der Waals surface area contributed by atoms with Gasteiger partial charge in [0.15, 0.2) is 0 Å². The molecule has 1 heteroatoms. The van der Waals surface area contributed by atoms with Crippen LogP contribution in [-0.2, 0) is 4.79 Å². The molecule has 0 saturated carbocycles. The van der Waals surface area contributed by atoms with E-state index in [1.165, 1.54) is 103 Å². The van der Waals surface area contributed by atoms with Crippen molar-refractivity contribution >= 4 is 6.29 Å². The highest BCUT2D eigenvalue weighted by molar-refractivity contribution is 5.52. The van der Waals surface area contributed by atoms with Crippen molar-refractivity contribution in [2.24, 2.45) is 0 Å². The highest BCUT2D eigenvalue weighted by Crippen LogP contribution is 2.14. The Bertz CT molecular complexity index is 244. The predicted molar refractivity (Wildman–Crippen MR) is 104 cm³/mol.